The van der Waals surface area contributed by atoms with Crippen LogP contribution < -0.4 is 0 Å². The van der Waals surface area contributed by atoms with Gasteiger partial charge < -0.3 is 0 Å². The van der Waals surface area contributed by atoms with Crippen LogP contribution in [-0.4, -0.2) is 0 Å². The average Bonchev–Trinajstić information content (AvgIpc) is 2.42. The van der Waals surface area contributed by atoms with Gasteiger partial charge in [-0.25, -0.2) is 0 Å². The van der Waals surface area contributed by atoms with Gasteiger partial charge in [-0.15, -0.1) is 0 Å². The lowest BCUT2D eigenvalue weighted by Gasteiger charge is -2.30. The van der Waals surface area contributed by atoms with Crippen LogP contribution in [0.3, 0.4) is 0 Å². The lowest BCUT2D eigenvalue weighted by atomic mass is 9.74. The maximum atomic E-state index is 2.42. The van der Waals surface area contributed by atoms with Crippen molar-refractivity contribution in [2.24, 2.45) is 11.3 Å². The third kappa shape index (κ3) is 4.09. The van der Waals surface area contributed by atoms with Gasteiger partial charge in [-0.1, -0.05) is 83.0 Å². The molecule has 0 saturated heterocycles. The molecule has 2 rings (SSSR count). The van der Waals surface area contributed by atoms with E-state index in [1.54, 1.807) is 0 Å². The molecule has 2 unspecified atom stereocenters. The summed E-state index contributed by atoms with van der Waals surface area (Å²) in [6.45, 7) is 13.9. The fourth-order valence-electron chi connectivity index (χ4n) is 3.21. The Bertz CT molecular complexity index is 601. The van der Waals surface area contributed by atoms with Gasteiger partial charge in [0.2, 0.25) is 0 Å². The number of rotatable bonds is 4. The molecule has 0 spiro atoms. The van der Waals surface area contributed by atoms with Crippen LogP contribution in [0.2, 0.25) is 0 Å². The van der Waals surface area contributed by atoms with E-state index in [1.807, 2.05) is 0 Å². The molecule has 0 aliphatic rings. The van der Waals surface area contributed by atoms with E-state index in [1.165, 1.54) is 34.7 Å². The molecule has 0 heteroatoms. The molecule has 0 fully saturated rings. The van der Waals surface area contributed by atoms with Crippen LogP contribution in [0.5, 0.6) is 0 Å². The van der Waals surface area contributed by atoms with Crippen molar-refractivity contribution in [1.29, 1.82) is 0 Å². The Kier molecular flexibility index (Phi) is 4.76. The van der Waals surface area contributed by atoms with E-state index in [-0.39, 0.29) is 0 Å². The van der Waals surface area contributed by atoms with Crippen molar-refractivity contribution in [3.8, 4) is 0 Å². The summed E-state index contributed by atoms with van der Waals surface area (Å²) in [6, 6.07) is 13.8. The maximum absolute atomic E-state index is 2.42. The summed E-state index contributed by atoms with van der Waals surface area (Å²) in [5, 5.41) is 2.73. The van der Waals surface area contributed by atoms with Crippen molar-refractivity contribution >= 4 is 10.8 Å². The number of fused-ring (bicyclic) bond motifs is 1. The Morgan fingerprint density at radius 3 is 2.24 bits per heavy atom. The minimum Gasteiger partial charge on any atom is -0.0651 e. The lowest BCUT2D eigenvalue weighted by molar-refractivity contribution is 0.288. The number of benzene rings is 2. The van der Waals surface area contributed by atoms with Crippen molar-refractivity contribution in [2.45, 2.75) is 60.3 Å². The predicted octanol–water partition coefficient (Wildman–Crippen LogP) is 6.71. The first-order valence-electron chi connectivity index (χ1n) is 8.30. The maximum Gasteiger partial charge on any atom is -0.0131 e. The van der Waals surface area contributed by atoms with Gasteiger partial charge in [0.1, 0.15) is 0 Å². The Morgan fingerprint density at radius 2 is 1.62 bits per heavy atom. The van der Waals surface area contributed by atoms with Gasteiger partial charge in [0.25, 0.3) is 0 Å². The van der Waals surface area contributed by atoms with E-state index in [2.05, 4.69) is 77.9 Å². The normalized spacial score (nSPS) is 15.1. The fraction of sp³-hybridized carbons (Fsp3) is 0.524. The highest BCUT2D eigenvalue weighted by atomic mass is 14.3. The van der Waals surface area contributed by atoms with Crippen molar-refractivity contribution in [3.63, 3.8) is 0 Å². The summed E-state index contributed by atoms with van der Waals surface area (Å²) in [4.78, 5) is 0. The molecule has 0 bridgehead atoms. The van der Waals surface area contributed by atoms with E-state index in [0.717, 1.165) is 5.92 Å². The van der Waals surface area contributed by atoms with Crippen molar-refractivity contribution < 1.29 is 0 Å². The van der Waals surface area contributed by atoms with Crippen LogP contribution in [-0.2, 0) is 0 Å². The van der Waals surface area contributed by atoms with Crippen LogP contribution in [0.15, 0.2) is 36.4 Å². The lowest BCUT2D eigenvalue weighted by Crippen LogP contribution is -2.17. The van der Waals surface area contributed by atoms with Crippen LogP contribution >= 0.6 is 0 Å². The molecular weight excluding hydrogens is 252 g/mol. The highest BCUT2D eigenvalue weighted by molar-refractivity contribution is 5.83. The number of hydrogen-bond donors (Lipinski definition) is 0. The zero-order chi connectivity index (χ0) is 15.6. The second-order valence-electron chi connectivity index (χ2n) is 7.87. The Hall–Kier alpha value is -1.30. The van der Waals surface area contributed by atoms with Crippen LogP contribution in [0, 0.1) is 18.3 Å². The molecule has 0 aliphatic carbocycles. The molecule has 114 valence electrons. The van der Waals surface area contributed by atoms with Gasteiger partial charge in [-0.3, -0.25) is 0 Å². The minimum atomic E-state index is 0.371. The minimum absolute atomic E-state index is 0.371. The average molecular weight is 282 g/mol. The summed E-state index contributed by atoms with van der Waals surface area (Å²) in [7, 11) is 0. The van der Waals surface area contributed by atoms with Gasteiger partial charge in [0.05, 0.1) is 0 Å². The molecule has 0 aromatic heterocycles. The zero-order valence-corrected chi connectivity index (χ0v) is 14.5. The molecule has 0 N–H and O–H groups in total. The van der Waals surface area contributed by atoms with Crippen LogP contribution in [0.1, 0.15) is 64.5 Å². The van der Waals surface area contributed by atoms with Gasteiger partial charge in [-0.2, -0.15) is 0 Å². The Morgan fingerprint density at radius 1 is 0.952 bits per heavy atom. The summed E-state index contributed by atoms with van der Waals surface area (Å²) in [5.41, 5.74) is 3.23. The highest BCUT2D eigenvalue weighted by Crippen LogP contribution is 2.38. The van der Waals surface area contributed by atoms with Crippen molar-refractivity contribution in [1.82, 2.24) is 0 Å². The summed E-state index contributed by atoms with van der Waals surface area (Å²) in [5.74, 6) is 1.38. The molecule has 0 amide bonds. The van der Waals surface area contributed by atoms with Crippen LogP contribution in [0.4, 0.5) is 0 Å². The highest BCUT2D eigenvalue weighted by Gasteiger charge is 2.24. The molecule has 21 heavy (non-hydrogen) atoms. The Labute approximate surface area is 130 Å². The zero-order valence-electron chi connectivity index (χ0n) is 14.5. The van der Waals surface area contributed by atoms with Gasteiger partial charge in [0.15, 0.2) is 0 Å². The van der Waals surface area contributed by atoms with E-state index in [9.17, 15) is 0 Å². The molecule has 2 aromatic carbocycles. The van der Waals surface area contributed by atoms with E-state index in [4.69, 9.17) is 0 Å². The summed E-state index contributed by atoms with van der Waals surface area (Å²) >= 11 is 0. The Balaban J connectivity index is 2.43. The van der Waals surface area contributed by atoms with Crippen molar-refractivity contribution in [2.75, 3.05) is 0 Å². The molecule has 2 atom stereocenters. The molecule has 2 aromatic rings. The van der Waals surface area contributed by atoms with Gasteiger partial charge in [-0.05, 0) is 46.9 Å². The first kappa shape index (κ1) is 16.1. The van der Waals surface area contributed by atoms with E-state index in [0.29, 0.717) is 11.3 Å². The monoisotopic (exact) mass is 282 g/mol. The SMILES string of the molecule is CCC(C)C(CC(C)(C)C)c1ccc2ccc(C)cc2c1. The predicted molar refractivity (Wildman–Crippen MR) is 95.0 cm³/mol. The van der Waals surface area contributed by atoms with Crippen molar-refractivity contribution in [3.05, 3.63) is 47.5 Å². The second kappa shape index (κ2) is 6.22. The quantitative estimate of drug-likeness (QED) is 0.584. The number of hydrogen-bond acceptors (Lipinski definition) is 0. The van der Waals surface area contributed by atoms with E-state index >= 15 is 0 Å². The molecular formula is C21H30. The molecule has 0 nitrogen and oxygen atoms in total. The van der Waals surface area contributed by atoms with Gasteiger partial charge in [0, 0.05) is 0 Å². The smallest absolute Gasteiger partial charge is 0.0131 e. The largest absolute Gasteiger partial charge is 0.0651 e. The van der Waals surface area contributed by atoms with Gasteiger partial charge >= 0.3 is 0 Å². The first-order valence-corrected chi connectivity index (χ1v) is 8.30. The molecule has 0 saturated carbocycles. The topological polar surface area (TPSA) is 0 Å². The fourth-order valence-corrected chi connectivity index (χ4v) is 3.21. The van der Waals surface area contributed by atoms with E-state index < -0.39 is 0 Å². The summed E-state index contributed by atoms with van der Waals surface area (Å²) in [6.07, 6.45) is 2.49. The molecule has 0 radical (unpaired) electrons. The second-order valence-corrected chi connectivity index (χ2v) is 7.87. The number of aryl methyl sites for hydroxylation is 1. The third-order valence-corrected chi connectivity index (χ3v) is 4.61. The van der Waals surface area contributed by atoms with Crippen LogP contribution in [0.25, 0.3) is 10.8 Å². The first-order chi connectivity index (χ1) is 9.80. The molecule has 0 heterocycles. The summed E-state index contributed by atoms with van der Waals surface area (Å²) < 4.78 is 0. The molecule has 0 aliphatic heterocycles. The third-order valence-electron chi connectivity index (χ3n) is 4.61. The standard InChI is InChI=1S/C21H30/c1-7-16(3)20(14-21(4,5)6)18-11-10-17-9-8-15(2)12-19(17)13-18/h8-13,16,20H,7,14H2,1-6H3.